The molecule has 0 radical (unpaired) electrons. The van der Waals surface area contributed by atoms with E-state index in [4.69, 9.17) is 16.3 Å². The number of hydrogen-bond acceptors (Lipinski definition) is 4. The van der Waals surface area contributed by atoms with E-state index in [2.05, 4.69) is 0 Å². The fourth-order valence-electron chi connectivity index (χ4n) is 2.11. The average Bonchev–Trinajstić information content (AvgIpc) is 2.51. The molecule has 0 saturated carbocycles. The van der Waals surface area contributed by atoms with Gasteiger partial charge in [0.15, 0.2) is 0 Å². The molecule has 0 aromatic heterocycles. The Labute approximate surface area is 133 Å². The molecule has 5 heteroatoms. The highest BCUT2D eigenvalue weighted by Gasteiger charge is 2.22. The molecule has 4 nitrogen and oxygen atoms in total. The SMILES string of the molecule is COCc1cc(Cl)cc(C(=O)C(=O)Cc2ccccc2)c1O. The van der Waals surface area contributed by atoms with E-state index in [1.54, 1.807) is 24.3 Å². The van der Waals surface area contributed by atoms with Crippen LogP contribution in [0.4, 0.5) is 0 Å². The molecule has 2 aromatic rings. The molecule has 0 atom stereocenters. The summed E-state index contributed by atoms with van der Waals surface area (Å²) in [5, 5.41) is 10.4. The molecule has 2 rings (SSSR count). The lowest BCUT2D eigenvalue weighted by atomic mass is 9.99. The van der Waals surface area contributed by atoms with Gasteiger partial charge in [0, 0.05) is 24.1 Å². The Kier molecular flexibility index (Phi) is 5.31. The summed E-state index contributed by atoms with van der Waals surface area (Å²) in [5.41, 5.74) is 1.01. The van der Waals surface area contributed by atoms with Crippen LogP contribution >= 0.6 is 11.6 Å². The maximum atomic E-state index is 12.3. The molecule has 2 aromatic carbocycles. The quantitative estimate of drug-likeness (QED) is 0.656. The number of carbonyl (C=O) groups is 2. The van der Waals surface area contributed by atoms with Crippen LogP contribution in [0.3, 0.4) is 0 Å². The van der Waals surface area contributed by atoms with Gasteiger partial charge in [-0.25, -0.2) is 0 Å². The molecule has 0 saturated heterocycles. The Hall–Kier alpha value is -2.17. The van der Waals surface area contributed by atoms with Crippen molar-refractivity contribution in [3.8, 4) is 5.75 Å². The Morgan fingerprint density at radius 2 is 1.86 bits per heavy atom. The van der Waals surface area contributed by atoms with E-state index in [0.29, 0.717) is 5.56 Å². The highest BCUT2D eigenvalue weighted by molar-refractivity contribution is 6.45. The van der Waals surface area contributed by atoms with Crippen LogP contribution in [0.5, 0.6) is 5.75 Å². The van der Waals surface area contributed by atoms with E-state index < -0.39 is 11.6 Å². The van der Waals surface area contributed by atoms with Crippen molar-refractivity contribution in [2.45, 2.75) is 13.0 Å². The minimum absolute atomic E-state index is 0.0226. The topological polar surface area (TPSA) is 63.6 Å². The molecule has 0 aliphatic heterocycles. The highest BCUT2D eigenvalue weighted by Crippen LogP contribution is 2.28. The first kappa shape index (κ1) is 16.2. The second kappa shape index (κ2) is 7.20. The number of phenols is 1. The minimum atomic E-state index is -0.763. The number of phenolic OH excluding ortho intramolecular Hbond substituents is 1. The molecule has 0 aliphatic rings. The second-order valence-corrected chi connectivity index (χ2v) is 5.25. The van der Waals surface area contributed by atoms with Crippen LogP contribution in [0.2, 0.25) is 5.02 Å². The van der Waals surface area contributed by atoms with Crippen LogP contribution < -0.4 is 0 Å². The third-order valence-electron chi connectivity index (χ3n) is 3.16. The molecule has 1 N–H and O–H groups in total. The van der Waals surface area contributed by atoms with Gasteiger partial charge < -0.3 is 9.84 Å². The highest BCUT2D eigenvalue weighted by atomic mass is 35.5. The summed E-state index contributed by atoms with van der Waals surface area (Å²) in [6, 6.07) is 11.7. The molecule has 0 bridgehead atoms. The predicted molar refractivity (Wildman–Crippen MR) is 83.3 cm³/mol. The number of aromatic hydroxyl groups is 1. The zero-order valence-corrected chi connectivity index (χ0v) is 12.8. The zero-order chi connectivity index (χ0) is 16.1. The van der Waals surface area contributed by atoms with Gasteiger partial charge >= 0.3 is 0 Å². The first-order chi connectivity index (χ1) is 10.5. The van der Waals surface area contributed by atoms with Crippen molar-refractivity contribution in [3.05, 3.63) is 64.2 Å². The number of ether oxygens (including phenoxy) is 1. The molecule has 0 aliphatic carbocycles. The Morgan fingerprint density at radius 3 is 2.50 bits per heavy atom. The van der Waals surface area contributed by atoms with Crippen molar-refractivity contribution in [2.75, 3.05) is 7.11 Å². The normalized spacial score (nSPS) is 10.5. The number of methoxy groups -OCH3 is 1. The summed E-state index contributed by atoms with van der Waals surface area (Å²) >= 11 is 5.94. The molecule has 0 amide bonds. The standard InChI is InChI=1S/C17H15ClO4/c1-22-10-12-8-13(18)9-14(16(12)20)17(21)15(19)7-11-5-3-2-4-6-11/h2-6,8-9,20H,7,10H2,1H3. The van der Waals surface area contributed by atoms with Gasteiger partial charge in [0.2, 0.25) is 11.6 Å². The van der Waals surface area contributed by atoms with E-state index in [9.17, 15) is 14.7 Å². The molecule has 114 valence electrons. The average molecular weight is 319 g/mol. The van der Waals surface area contributed by atoms with E-state index >= 15 is 0 Å². The van der Waals surface area contributed by atoms with E-state index in [0.717, 1.165) is 5.56 Å². The van der Waals surface area contributed by atoms with Crippen molar-refractivity contribution in [3.63, 3.8) is 0 Å². The van der Waals surface area contributed by atoms with Gasteiger partial charge in [-0.2, -0.15) is 0 Å². The van der Waals surface area contributed by atoms with Crippen molar-refractivity contribution in [2.24, 2.45) is 0 Å². The van der Waals surface area contributed by atoms with Crippen molar-refractivity contribution in [1.82, 2.24) is 0 Å². The van der Waals surface area contributed by atoms with Crippen LogP contribution in [0.15, 0.2) is 42.5 Å². The smallest absolute Gasteiger partial charge is 0.232 e. The monoisotopic (exact) mass is 318 g/mol. The number of hydrogen-bond donors (Lipinski definition) is 1. The number of Topliss-reactive ketones (excluding diaryl/α,β-unsaturated/α-hetero) is 2. The molecule has 0 fully saturated rings. The number of carbonyl (C=O) groups excluding carboxylic acids is 2. The number of benzene rings is 2. The Balaban J connectivity index is 2.27. The number of ketones is 2. The van der Waals surface area contributed by atoms with Gasteiger partial charge in [-0.3, -0.25) is 9.59 Å². The van der Waals surface area contributed by atoms with Crippen molar-refractivity contribution in [1.29, 1.82) is 0 Å². The fourth-order valence-corrected chi connectivity index (χ4v) is 2.35. The summed E-state index contributed by atoms with van der Waals surface area (Å²) in [7, 11) is 1.46. The first-order valence-electron chi connectivity index (χ1n) is 6.64. The maximum absolute atomic E-state index is 12.3. The lowest BCUT2D eigenvalue weighted by Crippen LogP contribution is -2.17. The van der Waals surface area contributed by atoms with Gasteiger partial charge in [-0.15, -0.1) is 0 Å². The summed E-state index contributed by atoms with van der Waals surface area (Å²) < 4.78 is 4.94. The van der Waals surface area contributed by atoms with Crippen LogP contribution in [0, 0.1) is 0 Å². The van der Waals surface area contributed by atoms with Gasteiger partial charge in [0.05, 0.1) is 12.2 Å². The molecule has 0 spiro atoms. The van der Waals surface area contributed by atoms with Crippen LogP contribution in [0.25, 0.3) is 0 Å². The lowest BCUT2D eigenvalue weighted by Gasteiger charge is -2.09. The third kappa shape index (κ3) is 3.72. The zero-order valence-electron chi connectivity index (χ0n) is 12.0. The van der Waals surface area contributed by atoms with Crippen LogP contribution in [-0.4, -0.2) is 23.8 Å². The Bertz CT molecular complexity index is 695. The summed E-state index contributed by atoms with van der Waals surface area (Å²) in [5.74, 6) is -1.63. The lowest BCUT2D eigenvalue weighted by molar-refractivity contribution is -0.114. The number of halogens is 1. The fraction of sp³-hybridized carbons (Fsp3) is 0.176. The predicted octanol–water partition coefficient (Wildman–Crippen LogP) is 3.19. The van der Waals surface area contributed by atoms with Gasteiger partial charge in [0.1, 0.15) is 5.75 Å². The molecular weight excluding hydrogens is 304 g/mol. The van der Waals surface area contributed by atoms with Crippen LogP contribution in [-0.2, 0) is 22.6 Å². The third-order valence-corrected chi connectivity index (χ3v) is 3.38. The van der Waals surface area contributed by atoms with Crippen molar-refractivity contribution >= 4 is 23.2 Å². The molecule has 22 heavy (non-hydrogen) atoms. The van der Waals surface area contributed by atoms with Gasteiger partial charge in [0.25, 0.3) is 0 Å². The summed E-state index contributed by atoms with van der Waals surface area (Å²) in [6.45, 7) is 0.0968. The van der Waals surface area contributed by atoms with Gasteiger partial charge in [-0.05, 0) is 17.7 Å². The number of rotatable bonds is 6. The van der Waals surface area contributed by atoms with E-state index in [-0.39, 0.29) is 29.4 Å². The molecule has 0 heterocycles. The largest absolute Gasteiger partial charge is 0.507 e. The van der Waals surface area contributed by atoms with E-state index in [1.165, 1.54) is 19.2 Å². The molecule has 0 unspecified atom stereocenters. The first-order valence-corrected chi connectivity index (χ1v) is 7.02. The maximum Gasteiger partial charge on any atom is 0.232 e. The van der Waals surface area contributed by atoms with Crippen LogP contribution in [0.1, 0.15) is 21.5 Å². The van der Waals surface area contributed by atoms with Gasteiger partial charge in [-0.1, -0.05) is 41.9 Å². The Morgan fingerprint density at radius 1 is 1.18 bits per heavy atom. The minimum Gasteiger partial charge on any atom is -0.507 e. The van der Waals surface area contributed by atoms with Crippen molar-refractivity contribution < 1.29 is 19.4 Å². The second-order valence-electron chi connectivity index (χ2n) is 4.81. The summed E-state index contributed by atoms with van der Waals surface area (Å²) in [4.78, 5) is 24.4. The van der Waals surface area contributed by atoms with E-state index in [1.807, 2.05) is 6.07 Å². The molecular formula is C17H15ClO4. The summed E-state index contributed by atoms with van der Waals surface area (Å²) in [6.07, 6.45) is -0.0226.